The molecule has 3 saturated heterocycles. The molecule has 3 rings (SSSR count). The number of likely N-dealkylation sites (tertiary alicyclic amines) is 1. The predicted octanol–water partition coefficient (Wildman–Crippen LogP) is 0.956. The molecule has 0 aromatic heterocycles. The number of likely N-dealkylation sites (N-methyl/N-ethyl adjacent to an activating group) is 1. The van der Waals surface area contributed by atoms with Crippen LogP contribution in [0.2, 0.25) is 0 Å². The van der Waals surface area contributed by atoms with E-state index in [1.165, 1.54) is 32.2 Å². The molecular formula is C15H28N4O. The van der Waals surface area contributed by atoms with Crippen molar-refractivity contribution >= 4 is 5.96 Å². The number of hydrogen-bond acceptors (Lipinski definition) is 3. The third kappa shape index (κ3) is 2.93. The molecule has 0 aromatic carbocycles. The summed E-state index contributed by atoms with van der Waals surface area (Å²) in [5.41, 5.74) is 0. The SMILES string of the molecule is CCN1CCCC1CNC(=NC)NC1CC2CCC1O2. The summed E-state index contributed by atoms with van der Waals surface area (Å²) in [5.74, 6) is 0.939. The topological polar surface area (TPSA) is 48.9 Å². The molecule has 0 aliphatic carbocycles. The van der Waals surface area contributed by atoms with Crippen molar-refractivity contribution in [2.75, 3.05) is 26.7 Å². The van der Waals surface area contributed by atoms with Crippen LogP contribution >= 0.6 is 0 Å². The Morgan fingerprint density at radius 3 is 2.90 bits per heavy atom. The normalized spacial score (nSPS) is 37.6. The van der Waals surface area contributed by atoms with Crippen LogP contribution in [-0.4, -0.2) is 61.8 Å². The summed E-state index contributed by atoms with van der Waals surface area (Å²) in [6.07, 6.45) is 7.09. The number of nitrogens with one attached hydrogen (secondary N) is 2. The van der Waals surface area contributed by atoms with Crippen LogP contribution in [0.25, 0.3) is 0 Å². The maximum atomic E-state index is 5.89. The van der Waals surface area contributed by atoms with Crippen LogP contribution in [0.4, 0.5) is 0 Å². The van der Waals surface area contributed by atoms with E-state index in [-0.39, 0.29) is 0 Å². The zero-order chi connectivity index (χ0) is 13.9. The fourth-order valence-electron chi connectivity index (χ4n) is 3.92. The van der Waals surface area contributed by atoms with Crippen molar-refractivity contribution in [3.63, 3.8) is 0 Å². The molecule has 0 aromatic rings. The van der Waals surface area contributed by atoms with Crippen molar-refractivity contribution in [3.8, 4) is 0 Å². The fraction of sp³-hybridized carbons (Fsp3) is 0.933. The van der Waals surface area contributed by atoms with Crippen LogP contribution in [0.1, 0.15) is 39.0 Å². The minimum absolute atomic E-state index is 0.400. The zero-order valence-electron chi connectivity index (χ0n) is 12.8. The zero-order valence-corrected chi connectivity index (χ0v) is 12.8. The lowest BCUT2D eigenvalue weighted by Crippen LogP contribution is -2.50. The van der Waals surface area contributed by atoms with Gasteiger partial charge >= 0.3 is 0 Å². The third-order valence-corrected chi connectivity index (χ3v) is 5.06. The minimum Gasteiger partial charge on any atom is -0.373 e. The number of nitrogens with zero attached hydrogens (tertiary/aromatic N) is 2. The number of guanidine groups is 1. The van der Waals surface area contributed by atoms with Gasteiger partial charge in [0.1, 0.15) is 0 Å². The molecule has 114 valence electrons. The molecule has 0 spiro atoms. The molecule has 0 radical (unpaired) electrons. The highest BCUT2D eigenvalue weighted by atomic mass is 16.5. The largest absolute Gasteiger partial charge is 0.373 e. The molecule has 20 heavy (non-hydrogen) atoms. The first kappa shape index (κ1) is 14.1. The van der Waals surface area contributed by atoms with Crippen LogP contribution in [-0.2, 0) is 4.74 Å². The van der Waals surface area contributed by atoms with Gasteiger partial charge in [-0.3, -0.25) is 9.89 Å². The molecule has 5 heteroatoms. The van der Waals surface area contributed by atoms with E-state index in [2.05, 4.69) is 27.4 Å². The highest BCUT2D eigenvalue weighted by molar-refractivity contribution is 5.80. The molecule has 4 atom stereocenters. The average molecular weight is 280 g/mol. The van der Waals surface area contributed by atoms with E-state index >= 15 is 0 Å². The lowest BCUT2D eigenvalue weighted by molar-refractivity contribution is 0.0992. The van der Waals surface area contributed by atoms with Gasteiger partial charge in [-0.25, -0.2) is 0 Å². The Hall–Kier alpha value is -0.810. The van der Waals surface area contributed by atoms with E-state index in [4.69, 9.17) is 4.74 Å². The quantitative estimate of drug-likeness (QED) is 0.595. The number of hydrogen-bond donors (Lipinski definition) is 2. The van der Waals surface area contributed by atoms with Crippen molar-refractivity contribution < 1.29 is 4.74 Å². The standard InChI is InChI=1S/C15H28N4O/c1-3-19-8-4-5-11(19)10-17-15(16-2)18-13-9-12-6-7-14(13)20-12/h11-14H,3-10H2,1-2H3,(H2,16,17,18). The van der Waals surface area contributed by atoms with Gasteiger partial charge in [-0.15, -0.1) is 0 Å². The predicted molar refractivity (Wildman–Crippen MR) is 81.1 cm³/mol. The average Bonchev–Trinajstić information content (AvgIpc) is 3.18. The first-order chi connectivity index (χ1) is 9.80. The van der Waals surface area contributed by atoms with Crippen LogP contribution in [0.5, 0.6) is 0 Å². The molecule has 0 amide bonds. The highest BCUT2D eigenvalue weighted by Gasteiger charge is 2.41. The van der Waals surface area contributed by atoms with Gasteiger partial charge < -0.3 is 15.4 Å². The lowest BCUT2D eigenvalue weighted by Gasteiger charge is -2.26. The van der Waals surface area contributed by atoms with Gasteiger partial charge in [0.2, 0.25) is 0 Å². The van der Waals surface area contributed by atoms with Gasteiger partial charge in [0.25, 0.3) is 0 Å². The van der Waals surface area contributed by atoms with Crippen LogP contribution in [0.15, 0.2) is 4.99 Å². The fourth-order valence-corrected chi connectivity index (χ4v) is 3.92. The molecule has 3 aliphatic rings. The van der Waals surface area contributed by atoms with Crippen molar-refractivity contribution in [2.45, 2.75) is 63.3 Å². The van der Waals surface area contributed by atoms with Gasteiger partial charge in [-0.1, -0.05) is 6.92 Å². The first-order valence-corrected chi connectivity index (χ1v) is 8.17. The second kappa shape index (κ2) is 6.31. The summed E-state index contributed by atoms with van der Waals surface area (Å²) >= 11 is 0. The maximum absolute atomic E-state index is 5.89. The van der Waals surface area contributed by atoms with E-state index in [1.807, 2.05) is 7.05 Å². The molecule has 4 unspecified atom stereocenters. The van der Waals surface area contributed by atoms with Crippen molar-refractivity contribution in [3.05, 3.63) is 0 Å². The van der Waals surface area contributed by atoms with E-state index in [0.29, 0.717) is 24.3 Å². The number of rotatable bonds is 4. The second-order valence-corrected chi connectivity index (χ2v) is 6.24. The molecule has 3 fully saturated rings. The summed E-state index contributed by atoms with van der Waals surface area (Å²) in [6.45, 7) is 5.64. The van der Waals surface area contributed by atoms with Gasteiger partial charge in [0.15, 0.2) is 5.96 Å². The summed E-state index contributed by atoms with van der Waals surface area (Å²) in [6, 6.07) is 1.11. The summed E-state index contributed by atoms with van der Waals surface area (Å²) in [7, 11) is 1.86. The van der Waals surface area contributed by atoms with Gasteiger partial charge in [-0.2, -0.15) is 0 Å². The first-order valence-electron chi connectivity index (χ1n) is 8.17. The summed E-state index contributed by atoms with van der Waals surface area (Å²) in [4.78, 5) is 6.92. The highest BCUT2D eigenvalue weighted by Crippen LogP contribution is 2.34. The summed E-state index contributed by atoms with van der Waals surface area (Å²) < 4.78 is 5.89. The van der Waals surface area contributed by atoms with Gasteiger partial charge in [0, 0.05) is 19.6 Å². The van der Waals surface area contributed by atoms with Gasteiger partial charge in [0.05, 0.1) is 18.2 Å². The van der Waals surface area contributed by atoms with E-state index in [9.17, 15) is 0 Å². The number of fused-ring (bicyclic) bond motifs is 2. The third-order valence-electron chi connectivity index (χ3n) is 5.06. The van der Waals surface area contributed by atoms with E-state index in [1.54, 1.807) is 0 Å². The second-order valence-electron chi connectivity index (χ2n) is 6.24. The molecule has 3 heterocycles. The molecular weight excluding hydrogens is 252 g/mol. The molecule has 0 saturated carbocycles. The molecule has 3 aliphatic heterocycles. The van der Waals surface area contributed by atoms with Crippen molar-refractivity contribution in [1.82, 2.24) is 15.5 Å². The Kier molecular flexibility index (Phi) is 4.46. The Morgan fingerprint density at radius 2 is 2.25 bits per heavy atom. The summed E-state index contributed by atoms with van der Waals surface area (Å²) in [5, 5.41) is 7.05. The van der Waals surface area contributed by atoms with E-state index < -0.39 is 0 Å². The monoisotopic (exact) mass is 280 g/mol. The molecule has 2 N–H and O–H groups in total. The van der Waals surface area contributed by atoms with Crippen molar-refractivity contribution in [1.29, 1.82) is 0 Å². The Bertz CT molecular complexity index is 360. The minimum atomic E-state index is 0.400. The van der Waals surface area contributed by atoms with Crippen LogP contribution < -0.4 is 10.6 Å². The van der Waals surface area contributed by atoms with Crippen molar-refractivity contribution in [2.24, 2.45) is 4.99 Å². The lowest BCUT2D eigenvalue weighted by atomic mass is 9.96. The van der Waals surface area contributed by atoms with E-state index in [0.717, 1.165) is 25.5 Å². The van der Waals surface area contributed by atoms with Crippen LogP contribution in [0.3, 0.4) is 0 Å². The maximum Gasteiger partial charge on any atom is 0.191 e. The number of aliphatic imine (C=N–C) groups is 1. The van der Waals surface area contributed by atoms with Crippen LogP contribution in [0, 0.1) is 0 Å². The van der Waals surface area contributed by atoms with Gasteiger partial charge in [-0.05, 0) is 45.2 Å². The number of ether oxygens (including phenoxy) is 1. The Morgan fingerprint density at radius 1 is 1.35 bits per heavy atom. The Labute approximate surface area is 122 Å². The molecule has 2 bridgehead atoms. The Balaban J connectivity index is 1.46. The molecule has 5 nitrogen and oxygen atoms in total. The smallest absolute Gasteiger partial charge is 0.191 e.